The van der Waals surface area contributed by atoms with Gasteiger partial charge in [0, 0.05) is 16.7 Å². The number of carbonyl (C=O) groups excluding carboxylic acids is 2. The number of hydrogen-bond donors (Lipinski definition) is 2. The van der Waals surface area contributed by atoms with E-state index in [2.05, 4.69) is 15.6 Å². The van der Waals surface area contributed by atoms with Crippen molar-refractivity contribution < 1.29 is 9.59 Å². The van der Waals surface area contributed by atoms with Crippen LogP contribution in [-0.4, -0.2) is 16.8 Å². The highest BCUT2D eigenvalue weighted by molar-refractivity contribution is 7.22. The molecule has 27 heavy (non-hydrogen) atoms. The molecule has 1 aromatic heterocycles. The van der Waals surface area contributed by atoms with Crippen molar-refractivity contribution in [1.29, 1.82) is 0 Å². The predicted octanol–water partition coefficient (Wildman–Crippen LogP) is 5.23. The molecule has 0 atom stereocenters. The van der Waals surface area contributed by atoms with Crippen LogP contribution in [0.3, 0.4) is 0 Å². The van der Waals surface area contributed by atoms with Gasteiger partial charge in [0.05, 0.1) is 10.2 Å². The normalized spacial score (nSPS) is 11.4. The minimum absolute atomic E-state index is 0.0541. The van der Waals surface area contributed by atoms with Crippen molar-refractivity contribution >= 4 is 44.2 Å². The van der Waals surface area contributed by atoms with E-state index in [-0.39, 0.29) is 11.8 Å². The lowest BCUT2D eigenvalue weighted by atomic mass is 9.89. The lowest BCUT2D eigenvalue weighted by Gasteiger charge is -2.20. The third-order valence-electron chi connectivity index (χ3n) is 4.76. The molecule has 2 amide bonds. The highest BCUT2D eigenvalue weighted by atomic mass is 32.1. The molecular formula is C21H23N3O2S. The molecule has 0 unspecified atom stereocenters. The monoisotopic (exact) mass is 381 g/mol. The summed E-state index contributed by atoms with van der Waals surface area (Å²) in [6, 6.07) is 13.0. The number of thiazole rings is 1. The van der Waals surface area contributed by atoms with Crippen molar-refractivity contribution in [2.75, 3.05) is 10.6 Å². The minimum Gasteiger partial charge on any atom is -0.322 e. The van der Waals surface area contributed by atoms with Crippen LogP contribution in [0.5, 0.6) is 0 Å². The van der Waals surface area contributed by atoms with Gasteiger partial charge in [0.25, 0.3) is 5.91 Å². The SMILES string of the molecule is CCC(C)(C)C(=O)Nc1nc2ccc(C(=O)Nc3ccccc3C)cc2s1. The van der Waals surface area contributed by atoms with Gasteiger partial charge >= 0.3 is 0 Å². The topological polar surface area (TPSA) is 71.1 Å². The minimum atomic E-state index is -0.448. The molecule has 0 aliphatic heterocycles. The Morgan fingerprint density at radius 3 is 2.56 bits per heavy atom. The summed E-state index contributed by atoms with van der Waals surface area (Å²) in [5.41, 5.74) is 2.67. The summed E-state index contributed by atoms with van der Waals surface area (Å²) in [7, 11) is 0. The summed E-state index contributed by atoms with van der Waals surface area (Å²) in [6.45, 7) is 7.75. The van der Waals surface area contributed by atoms with Gasteiger partial charge < -0.3 is 10.6 Å². The number of carbonyl (C=O) groups is 2. The standard InChI is InChI=1S/C21H23N3O2S/c1-5-21(3,4)19(26)24-20-23-16-11-10-14(12-17(16)27-20)18(25)22-15-9-7-6-8-13(15)2/h6-12H,5H2,1-4H3,(H,22,25)(H,23,24,26). The second-order valence-electron chi connectivity index (χ2n) is 7.16. The van der Waals surface area contributed by atoms with Gasteiger partial charge in [-0.2, -0.15) is 0 Å². The Morgan fingerprint density at radius 1 is 1.11 bits per heavy atom. The van der Waals surface area contributed by atoms with Gasteiger partial charge in [0.1, 0.15) is 0 Å². The molecule has 140 valence electrons. The molecule has 0 fully saturated rings. The van der Waals surface area contributed by atoms with E-state index in [1.54, 1.807) is 18.2 Å². The molecule has 1 heterocycles. The maximum Gasteiger partial charge on any atom is 0.255 e. The molecule has 2 N–H and O–H groups in total. The summed E-state index contributed by atoms with van der Waals surface area (Å²) in [5, 5.41) is 6.37. The Morgan fingerprint density at radius 2 is 1.85 bits per heavy atom. The Balaban J connectivity index is 1.80. The van der Waals surface area contributed by atoms with Gasteiger partial charge in [-0.1, -0.05) is 50.3 Å². The fraction of sp³-hybridized carbons (Fsp3) is 0.286. The van der Waals surface area contributed by atoms with Gasteiger partial charge in [-0.3, -0.25) is 9.59 Å². The zero-order valence-electron chi connectivity index (χ0n) is 15.9. The second kappa shape index (κ2) is 7.48. The van der Waals surface area contributed by atoms with Gasteiger partial charge in [0.15, 0.2) is 5.13 Å². The first-order valence-corrected chi connectivity index (χ1v) is 9.71. The molecule has 0 radical (unpaired) electrons. The largest absolute Gasteiger partial charge is 0.322 e. The van der Waals surface area contributed by atoms with Crippen molar-refractivity contribution in [1.82, 2.24) is 4.98 Å². The number of amides is 2. The van der Waals surface area contributed by atoms with Gasteiger partial charge in [-0.05, 0) is 43.2 Å². The molecule has 0 spiro atoms. The van der Waals surface area contributed by atoms with E-state index >= 15 is 0 Å². The Bertz CT molecular complexity index is 1010. The van der Waals surface area contributed by atoms with Crippen LogP contribution in [0.1, 0.15) is 43.1 Å². The van der Waals surface area contributed by atoms with E-state index in [4.69, 9.17) is 0 Å². The van der Waals surface area contributed by atoms with Crippen molar-refractivity contribution in [2.45, 2.75) is 34.1 Å². The fourth-order valence-electron chi connectivity index (χ4n) is 2.45. The first-order chi connectivity index (χ1) is 12.8. The third kappa shape index (κ3) is 4.17. The second-order valence-corrected chi connectivity index (χ2v) is 8.19. The fourth-order valence-corrected chi connectivity index (χ4v) is 3.35. The summed E-state index contributed by atoms with van der Waals surface area (Å²) in [4.78, 5) is 29.4. The van der Waals surface area contributed by atoms with E-state index in [1.807, 2.05) is 52.0 Å². The molecule has 6 heteroatoms. The number of fused-ring (bicyclic) bond motifs is 1. The van der Waals surface area contributed by atoms with E-state index in [9.17, 15) is 9.59 Å². The number of anilines is 2. The average Bonchev–Trinajstić information content (AvgIpc) is 3.04. The smallest absolute Gasteiger partial charge is 0.255 e. The first kappa shape index (κ1) is 19.0. The van der Waals surface area contributed by atoms with Crippen LogP contribution in [0.25, 0.3) is 10.2 Å². The van der Waals surface area contributed by atoms with Crippen molar-refractivity contribution in [3.05, 3.63) is 53.6 Å². The van der Waals surface area contributed by atoms with Crippen molar-refractivity contribution in [2.24, 2.45) is 5.41 Å². The molecule has 0 saturated carbocycles. The Labute approximate surface area is 162 Å². The quantitative estimate of drug-likeness (QED) is 0.635. The molecule has 3 aromatic rings. The maximum absolute atomic E-state index is 12.6. The molecule has 0 aliphatic carbocycles. The maximum atomic E-state index is 12.6. The number of hydrogen-bond acceptors (Lipinski definition) is 4. The average molecular weight is 382 g/mol. The van der Waals surface area contributed by atoms with E-state index in [0.29, 0.717) is 10.7 Å². The Hall–Kier alpha value is -2.73. The van der Waals surface area contributed by atoms with Crippen molar-refractivity contribution in [3.63, 3.8) is 0 Å². The number of benzene rings is 2. The van der Waals surface area contributed by atoms with Crippen LogP contribution in [0.4, 0.5) is 10.8 Å². The van der Waals surface area contributed by atoms with Gasteiger partial charge in [0.2, 0.25) is 5.91 Å². The summed E-state index contributed by atoms with van der Waals surface area (Å²) in [6.07, 6.45) is 0.743. The number of nitrogens with one attached hydrogen (secondary N) is 2. The number of aryl methyl sites for hydroxylation is 1. The highest BCUT2D eigenvalue weighted by Gasteiger charge is 2.26. The lowest BCUT2D eigenvalue weighted by molar-refractivity contribution is -0.124. The summed E-state index contributed by atoms with van der Waals surface area (Å²) in [5.74, 6) is -0.223. The number of aromatic nitrogens is 1. The third-order valence-corrected chi connectivity index (χ3v) is 5.70. The molecule has 0 bridgehead atoms. The van der Waals surface area contributed by atoms with Crippen molar-refractivity contribution in [3.8, 4) is 0 Å². The number of rotatable bonds is 5. The molecule has 0 saturated heterocycles. The molecule has 3 rings (SSSR count). The van der Waals surface area contributed by atoms with Crippen LogP contribution >= 0.6 is 11.3 Å². The highest BCUT2D eigenvalue weighted by Crippen LogP contribution is 2.29. The number of nitrogens with zero attached hydrogens (tertiary/aromatic N) is 1. The van der Waals surface area contributed by atoms with E-state index in [1.165, 1.54) is 11.3 Å². The zero-order valence-corrected chi connectivity index (χ0v) is 16.7. The molecule has 5 nitrogen and oxygen atoms in total. The van der Waals surface area contributed by atoms with Crippen LogP contribution in [-0.2, 0) is 4.79 Å². The Kier molecular flexibility index (Phi) is 5.28. The van der Waals surface area contributed by atoms with E-state index < -0.39 is 5.41 Å². The van der Waals surface area contributed by atoms with Crippen LogP contribution in [0, 0.1) is 12.3 Å². The first-order valence-electron chi connectivity index (χ1n) is 8.89. The van der Waals surface area contributed by atoms with Gasteiger partial charge in [-0.15, -0.1) is 0 Å². The predicted molar refractivity (Wildman–Crippen MR) is 111 cm³/mol. The summed E-state index contributed by atoms with van der Waals surface area (Å²) < 4.78 is 0.858. The van der Waals surface area contributed by atoms with Gasteiger partial charge in [-0.25, -0.2) is 4.98 Å². The van der Waals surface area contributed by atoms with E-state index in [0.717, 1.165) is 27.9 Å². The van der Waals surface area contributed by atoms with Crippen LogP contribution in [0.15, 0.2) is 42.5 Å². The lowest BCUT2D eigenvalue weighted by Crippen LogP contribution is -2.29. The molecule has 0 aliphatic rings. The molecular weight excluding hydrogens is 358 g/mol. The zero-order chi connectivity index (χ0) is 19.6. The summed E-state index contributed by atoms with van der Waals surface area (Å²) >= 11 is 1.37. The van der Waals surface area contributed by atoms with Crippen LogP contribution < -0.4 is 10.6 Å². The number of para-hydroxylation sites is 1. The molecule has 2 aromatic carbocycles. The van der Waals surface area contributed by atoms with Crippen LogP contribution in [0.2, 0.25) is 0 Å².